The first kappa shape index (κ1) is 26.5. The number of hydrogen-bond acceptors (Lipinski definition) is 3. The fourth-order valence-corrected chi connectivity index (χ4v) is 5.45. The Morgan fingerprint density at radius 2 is 1.81 bits per heavy atom. The monoisotopic (exact) mass is 539 g/mol. The first-order valence-corrected chi connectivity index (χ1v) is 12.4. The minimum Gasteiger partial charge on any atom is -0.347 e. The summed E-state index contributed by atoms with van der Waals surface area (Å²) >= 11 is 13.0. The summed E-state index contributed by atoms with van der Waals surface area (Å²) in [5, 5.41) is 1.01. The highest BCUT2D eigenvalue weighted by atomic mass is 35.5. The van der Waals surface area contributed by atoms with E-state index in [1.54, 1.807) is 30.4 Å². The Bertz CT molecular complexity index is 1340. The zero-order valence-electron chi connectivity index (χ0n) is 20.2. The van der Waals surface area contributed by atoms with Gasteiger partial charge in [0.2, 0.25) is 0 Å². The number of Topliss-reactive ketones (excluding diaryl/α,β-unsaturated/α-hetero) is 1. The zero-order valence-corrected chi connectivity index (χ0v) is 21.7. The van der Waals surface area contributed by atoms with E-state index in [1.165, 1.54) is 6.20 Å². The highest BCUT2D eigenvalue weighted by Crippen LogP contribution is 2.36. The van der Waals surface area contributed by atoms with Gasteiger partial charge in [-0.2, -0.15) is 13.2 Å². The van der Waals surface area contributed by atoms with Crippen LogP contribution in [0, 0.1) is 12.8 Å². The van der Waals surface area contributed by atoms with Gasteiger partial charge in [-0.1, -0.05) is 23.2 Å². The average molecular weight is 540 g/mol. The topological polar surface area (TPSA) is 55.2 Å². The summed E-state index contributed by atoms with van der Waals surface area (Å²) in [4.78, 5) is 30.5. The third-order valence-corrected chi connectivity index (χ3v) is 7.68. The van der Waals surface area contributed by atoms with Crippen LogP contribution in [0.2, 0.25) is 10.2 Å². The number of rotatable bonds is 5. The van der Waals surface area contributed by atoms with Crippen LogP contribution in [0.4, 0.5) is 13.2 Å². The number of ketones is 1. The van der Waals surface area contributed by atoms with Crippen LogP contribution < -0.4 is 0 Å². The fourth-order valence-electron chi connectivity index (χ4n) is 4.90. The van der Waals surface area contributed by atoms with Crippen molar-refractivity contribution in [2.75, 3.05) is 13.1 Å². The number of aromatic nitrogens is 2. The predicted octanol–water partition coefficient (Wildman–Crippen LogP) is 6.63. The van der Waals surface area contributed by atoms with E-state index in [2.05, 4.69) is 4.98 Å². The number of halogens is 5. The van der Waals surface area contributed by atoms with Crippen molar-refractivity contribution in [1.82, 2.24) is 14.5 Å². The highest BCUT2D eigenvalue weighted by Gasteiger charge is 2.32. The zero-order chi connectivity index (χ0) is 26.4. The van der Waals surface area contributed by atoms with Gasteiger partial charge in [-0.15, -0.1) is 0 Å². The molecule has 3 heterocycles. The number of carbonyl (C=O) groups is 2. The molecule has 1 aliphatic heterocycles. The van der Waals surface area contributed by atoms with E-state index in [-0.39, 0.29) is 39.8 Å². The second-order valence-corrected chi connectivity index (χ2v) is 10.2. The van der Waals surface area contributed by atoms with Gasteiger partial charge >= 0.3 is 6.18 Å². The summed E-state index contributed by atoms with van der Waals surface area (Å²) < 4.78 is 41.7. The number of amides is 1. The lowest BCUT2D eigenvalue weighted by molar-refractivity contribution is -0.137. The van der Waals surface area contributed by atoms with Crippen molar-refractivity contribution in [2.45, 2.75) is 45.7 Å². The van der Waals surface area contributed by atoms with Gasteiger partial charge in [0, 0.05) is 61.3 Å². The maximum Gasteiger partial charge on any atom is 0.416 e. The van der Waals surface area contributed by atoms with Crippen LogP contribution in [0.5, 0.6) is 0 Å². The van der Waals surface area contributed by atoms with Crippen molar-refractivity contribution in [2.24, 2.45) is 13.0 Å². The van der Waals surface area contributed by atoms with Crippen LogP contribution in [-0.4, -0.2) is 39.2 Å². The standard InChI is InChI=1S/C26H26Cl2F3N3O2/c1-14-8-17(26(29,30)31)10-22-19(14)11-18(33(22)3)12-20-23(27)21(13-32-24(20)28)25(36)34-6-4-16(5-7-34)9-15(2)35/h8,10-11,13,16H,4-7,9,12H2,1-3H3. The number of alkyl halides is 3. The van der Waals surface area contributed by atoms with Gasteiger partial charge in [0.25, 0.3) is 5.91 Å². The lowest BCUT2D eigenvalue weighted by Crippen LogP contribution is -2.39. The molecule has 0 aliphatic carbocycles. The van der Waals surface area contributed by atoms with E-state index >= 15 is 0 Å². The summed E-state index contributed by atoms with van der Waals surface area (Å²) in [5.41, 5.74) is 1.60. The summed E-state index contributed by atoms with van der Waals surface area (Å²) in [7, 11) is 1.69. The molecule has 4 rings (SSSR count). The van der Waals surface area contributed by atoms with Crippen molar-refractivity contribution >= 4 is 45.8 Å². The SMILES string of the molecule is CC(=O)CC1CCN(C(=O)c2cnc(Cl)c(Cc3cc4c(C)cc(C(F)(F)F)cc4n3C)c2Cl)CC1. The molecular weight excluding hydrogens is 514 g/mol. The molecule has 0 atom stereocenters. The summed E-state index contributed by atoms with van der Waals surface area (Å²) in [6.45, 7) is 4.26. The van der Waals surface area contributed by atoms with Crippen molar-refractivity contribution in [3.8, 4) is 0 Å². The van der Waals surface area contributed by atoms with Gasteiger partial charge in [0.05, 0.1) is 16.1 Å². The Morgan fingerprint density at radius 1 is 1.14 bits per heavy atom. The normalized spacial score (nSPS) is 15.1. The molecule has 1 fully saturated rings. The maximum absolute atomic E-state index is 13.3. The van der Waals surface area contributed by atoms with Crippen molar-refractivity contribution in [1.29, 1.82) is 0 Å². The molecule has 0 spiro atoms. The molecule has 0 radical (unpaired) electrons. The first-order valence-electron chi connectivity index (χ1n) is 11.6. The lowest BCUT2D eigenvalue weighted by Gasteiger charge is -2.32. The van der Waals surface area contributed by atoms with E-state index in [9.17, 15) is 22.8 Å². The Hall–Kier alpha value is -2.58. The molecule has 192 valence electrons. The molecule has 3 aromatic rings. The molecule has 0 N–H and O–H groups in total. The number of hydrogen-bond donors (Lipinski definition) is 0. The highest BCUT2D eigenvalue weighted by molar-refractivity contribution is 6.37. The molecule has 0 saturated carbocycles. The second kappa shape index (κ2) is 10.1. The Kier molecular flexibility index (Phi) is 7.40. The molecule has 1 amide bonds. The van der Waals surface area contributed by atoms with Gasteiger partial charge < -0.3 is 14.3 Å². The molecule has 2 aromatic heterocycles. The fraction of sp³-hybridized carbons (Fsp3) is 0.423. The average Bonchev–Trinajstić information content (AvgIpc) is 3.12. The van der Waals surface area contributed by atoms with Crippen LogP contribution in [0.15, 0.2) is 24.4 Å². The van der Waals surface area contributed by atoms with Gasteiger partial charge in [0.15, 0.2) is 0 Å². The third kappa shape index (κ3) is 5.25. The number of likely N-dealkylation sites (tertiary alicyclic amines) is 1. The van der Waals surface area contributed by atoms with Crippen molar-refractivity contribution < 1.29 is 22.8 Å². The number of piperidine rings is 1. The van der Waals surface area contributed by atoms with Crippen LogP contribution >= 0.6 is 23.2 Å². The van der Waals surface area contributed by atoms with Gasteiger partial charge in [-0.3, -0.25) is 4.79 Å². The largest absolute Gasteiger partial charge is 0.416 e. The predicted molar refractivity (Wildman–Crippen MR) is 134 cm³/mol. The van der Waals surface area contributed by atoms with Crippen LogP contribution in [0.1, 0.15) is 58.9 Å². The Balaban J connectivity index is 1.62. The second-order valence-electron chi connectivity index (χ2n) is 9.49. The quantitative estimate of drug-likeness (QED) is 0.342. The third-order valence-electron chi connectivity index (χ3n) is 6.92. The molecule has 1 saturated heterocycles. The summed E-state index contributed by atoms with van der Waals surface area (Å²) in [6.07, 6.45) is -0.893. The van der Waals surface area contributed by atoms with Gasteiger partial charge in [0.1, 0.15) is 10.9 Å². The minimum atomic E-state index is -4.45. The lowest BCUT2D eigenvalue weighted by atomic mass is 9.92. The smallest absolute Gasteiger partial charge is 0.347 e. The number of benzene rings is 1. The summed E-state index contributed by atoms with van der Waals surface area (Å²) in [6, 6.07) is 4.07. The maximum atomic E-state index is 13.3. The van der Waals surface area contributed by atoms with Crippen molar-refractivity contribution in [3.63, 3.8) is 0 Å². The van der Waals surface area contributed by atoms with E-state index in [4.69, 9.17) is 23.2 Å². The number of aryl methyl sites for hydroxylation is 2. The molecule has 5 nitrogen and oxygen atoms in total. The van der Waals surface area contributed by atoms with Crippen LogP contribution in [0.25, 0.3) is 10.9 Å². The number of carbonyl (C=O) groups excluding carboxylic acids is 2. The molecule has 0 unspecified atom stereocenters. The molecule has 1 aliphatic rings. The number of fused-ring (bicyclic) bond motifs is 1. The van der Waals surface area contributed by atoms with Crippen LogP contribution in [-0.2, 0) is 24.4 Å². The molecular formula is C26H26Cl2F3N3O2. The minimum absolute atomic E-state index is 0.134. The summed E-state index contributed by atoms with van der Waals surface area (Å²) in [5.74, 6) is 0.163. The number of nitrogens with zero attached hydrogens (tertiary/aromatic N) is 3. The van der Waals surface area contributed by atoms with Gasteiger partial charge in [-0.05, 0) is 56.4 Å². The molecule has 36 heavy (non-hydrogen) atoms. The molecule has 0 bridgehead atoms. The van der Waals surface area contributed by atoms with Gasteiger partial charge in [-0.25, -0.2) is 4.98 Å². The first-order chi connectivity index (χ1) is 16.9. The van der Waals surface area contributed by atoms with E-state index in [0.717, 1.165) is 25.0 Å². The Morgan fingerprint density at radius 3 is 2.42 bits per heavy atom. The molecule has 1 aromatic carbocycles. The molecule has 10 heteroatoms. The van der Waals surface area contributed by atoms with Crippen molar-refractivity contribution in [3.05, 3.63) is 62.5 Å². The van der Waals surface area contributed by atoms with E-state index in [1.807, 2.05) is 6.07 Å². The van der Waals surface area contributed by atoms with Crippen LogP contribution in [0.3, 0.4) is 0 Å². The Labute approximate surface area is 217 Å². The number of pyridine rings is 1. The van der Waals surface area contributed by atoms with E-state index in [0.29, 0.717) is 47.2 Å². The van der Waals surface area contributed by atoms with E-state index < -0.39 is 11.7 Å².